The van der Waals surface area contributed by atoms with E-state index in [1.807, 2.05) is 0 Å². The van der Waals surface area contributed by atoms with Gasteiger partial charge in [-0.1, -0.05) is 0 Å². The van der Waals surface area contributed by atoms with E-state index < -0.39 is 24.0 Å². The first-order valence-electron chi connectivity index (χ1n) is 3.29. The highest BCUT2D eigenvalue weighted by atomic mass is 32.1. The third kappa shape index (κ3) is 2.45. The number of rotatable bonds is 4. The highest BCUT2D eigenvalue weighted by Gasteiger charge is 2.18. The molecule has 1 aromatic heterocycles. The Bertz CT molecular complexity index is 343. The van der Waals surface area contributed by atoms with E-state index in [0.717, 1.165) is 11.3 Å². The lowest BCUT2D eigenvalue weighted by molar-refractivity contribution is -0.148. The molecule has 13 heavy (non-hydrogen) atoms. The largest absolute Gasteiger partial charge is 0.475 e. The predicted molar refractivity (Wildman–Crippen MR) is 43.7 cm³/mol. The van der Waals surface area contributed by atoms with Crippen LogP contribution in [0.3, 0.4) is 0 Å². The quantitative estimate of drug-likeness (QED) is 0.430. The summed E-state index contributed by atoms with van der Waals surface area (Å²) >= 11 is 1.08. The normalized spacial score (nSPS) is 9.54. The van der Waals surface area contributed by atoms with E-state index in [1.54, 1.807) is 0 Å². The van der Waals surface area contributed by atoms with E-state index in [1.165, 1.54) is 11.7 Å². The zero-order valence-corrected chi connectivity index (χ0v) is 7.21. The van der Waals surface area contributed by atoms with Gasteiger partial charge in [-0.05, 0) is 0 Å². The molecular weight excluding hydrogens is 194 g/mol. The van der Waals surface area contributed by atoms with E-state index in [9.17, 15) is 14.4 Å². The van der Waals surface area contributed by atoms with Gasteiger partial charge in [-0.25, -0.2) is 4.79 Å². The Labute approximate surface area is 77.0 Å². The molecule has 0 saturated heterocycles. The SMILES string of the molecule is O=C(O)C(=O)CC(=O)c1cncs1. The summed E-state index contributed by atoms with van der Waals surface area (Å²) in [6, 6.07) is 0. The van der Waals surface area contributed by atoms with Crippen LogP contribution in [0.15, 0.2) is 11.7 Å². The van der Waals surface area contributed by atoms with Gasteiger partial charge in [0.1, 0.15) is 0 Å². The fraction of sp³-hybridized carbons (Fsp3) is 0.143. The average molecular weight is 199 g/mol. The molecule has 0 spiro atoms. The minimum absolute atomic E-state index is 0.301. The Kier molecular flexibility index (Phi) is 2.86. The fourth-order valence-corrected chi connectivity index (χ4v) is 1.22. The number of aromatic nitrogens is 1. The van der Waals surface area contributed by atoms with Crippen LogP contribution in [0.5, 0.6) is 0 Å². The van der Waals surface area contributed by atoms with Crippen molar-refractivity contribution in [2.75, 3.05) is 0 Å². The zero-order chi connectivity index (χ0) is 9.84. The van der Waals surface area contributed by atoms with Crippen LogP contribution in [0, 0.1) is 0 Å². The van der Waals surface area contributed by atoms with E-state index in [0.29, 0.717) is 4.88 Å². The molecule has 1 heterocycles. The highest BCUT2D eigenvalue weighted by Crippen LogP contribution is 2.08. The second-order valence-electron chi connectivity index (χ2n) is 2.19. The van der Waals surface area contributed by atoms with Crippen LogP contribution in [0.4, 0.5) is 0 Å². The van der Waals surface area contributed by atoms with Gasteiger partial charge in [0.25, 0.3) is 0 Å². The van der Waals surface area contributed by atoms with Gasteiger partial charge in [0.05, 0.1) is 16.8 Å². The van der Waals surface area contributed by atoms with Gasteiger partial charge in [0.15, 0.2) is 5.78 Å². The maximum Gasteiger partial charge on any atom is 0.372 e. The maximum absolute atomic E-state index is 11.1. The van der Waals surface area contributed by atoms with Gasteiger partial charge in [-0.3, -0.25) is 14.6 Å². The molecule has 0 aliphatic rings. The summed E-state index contributed by atoms with van der Waals surface area (Å²) in [6.07, 6.45) is 0.708. The number of thiazole rings is 1. The minimum atomic E-state index is -1.59. The number of ketones is 2. The number of nitrogens with zero attached hydrogens (tertiary/aromatic N) is 1. The number of carboxylic acid groups (broad SMARTS) is 1. The van der Waals surface area contributed by atoms with Crippen molar-refractivity contribution in [2.24, 2.45) is 0 Å². The van der Waals surface area contributed by atoms with Gasteiger partial charge in [0.2, 0.25) is 5.78 Å². The molecule has 0 radical (unpaired) electrons. The van der Waals surface area contributed by atoms with Crippen molar-refractivity contribution < 1.29 is 19.5 Å². The number of hydrogen-bond acceptors (Lipinski definition) is 5. The van der Waals surface area contributed by atoms with Gasteiger partial charge in [0, 0.05) is 6.20 Å². The van der Waals surface area contributed by atoms with Gasteiger partial charge >= 0.3 is 5.97 Å². The lowest BCUT2D eigenvalue weighted by atomic mass is 10.2. The average Bonchev–Trinajstić information content (AvgIpc) is 2.55. The lowest BCUT2D eigenvalue weighted by Gasteiger charge is -1.91. The molecule has 0 bridgehead atoms. The number of carbonyl (C=O) groups is 3. The van der Waals surface area contributed by atoms with Crippen molar-refractivity contribution >= 4 is 28.9 Å². The monoisotopic (exact) mass is 199 g/mol. The van der Waals surface area contributed by atoms with Gasteiger partial charge in [-0.2, -0.15) is 0 Å². The Morgan fingerprint density at radius 3 is 2.62 bits per heavy atom. The Morgan fingerprint density at radius 2 is 2.15 bits per heavy atom. The van der Waals surface area contributed by atoms with E-state index in [2.05, 4.69) is 4.98 Å². The molecule has 0 unspecified atom stereocenters. The lowest BCUT2D eigenvalue weighted by Crippen LogP contribution is -2.16. The minimum Gasteiger partial charge on any atom is -0.475 e. The van der Waals surface area contributed by atoms with Crippen LogP contribution < -0.4 is 0 Å². The summed E-state index contributed by atoms with van der Waals surface area (Å²) in [5.74, 6) is -3.19. The smallest absolute Gasteiger partial charge is 0.372 e. The molecule has 0 atom stereocenters. The van der Waals surface area contributed by atoms with E-state index in [4.69, 9.17) is 5.11 Å². The van der Waals surface area contributed by atoms with Crippen LogP contribution in [-0.2, 0) is 9.59 Å². The molecule has 0 aliphatic heterocycles. The molecule has 1 rings (SSSR count). The Balaban J connectivity index is 2.62. The summed E-state index contributed by atoms with van der Waals surface area (Å²) in [6.45, 7) is 0. The summed E-state index contributed by atoms with van der Waals surface area (Å²) in [5, 5.41) is 8.21. The van der Waals surface area contributed by atoms with Crippen LogP contribution in [0.1, 0.15) is 16.1 Å². The molecule has 0 saturated carbocycles. The Morgan fingerprint density at radius 1 is 1.46 bits per heavy atom. The first-order chi connectivity index (χ1) is 6.11. The second kappa shape index (κ2) is 3.90. The molecule has 6 heteroatoms. The first-order valence-corrected chi connectivity index (χ1v) is 4.17. The first kappa shape index (κ1) is 9.53. The molecule has 0 amide bonds. The summed E-state index contributed by atoms with van der Waals surface area (Å²) in [4.78, 5) is 35.7. The number of hydrogen-bond donors (Lipinski definition) is 1. The molecule has 5 nitrogen and oxygen atoms in total. The van der Waals surface area contributed by atoms with Crippen molar-refractivity contribution in [1.82, 2.24) is 4.98 Å². The van der Waals surface area contributed by atoms with Gasteiger partial charge < -0.3 is 5.11 Å². The fourth-order valence-electron chi connectivity index (χ4n) is 0.662. The van der Waals surface area contributed by atoms with Crippen molar-refractivity contribution in [2.45, 2.75) is 6.42 Å². The second-order valence-corrected chi connectivity index (χ2v) is 3.08. The summed E-state index contributed by atoms with van der Waals surface area (Å²) in [5.41, 5.74) is 1.44. The number of aliphatic carboxylic acids is 1. The molecular formula is C7H5NO4S. The molecule has 0 aliphatic carbocycles. The molecule has 1 aromatic rings. The van der Waals surface area contributed by atoms with E-state index >= 15 is 0 Å². The predicted octanol–water partition coefficient (Wildman–Crippen LogP) is 0.370. The third-order valence-corrected chi connectivity index (χ3v) is 2.08. The van der Waals surface area contributed by atoms with E-state index in [-0.39, 0.29) is 0 Å². The summed E-state index contributed by atoms with van der Waals surface area (Å²) in [7, 11) is 0. The standard InChI is InChI=1S/C7H5NO4S/c9-4(1-5(10)7(11)12)6-2-8-3-13-6/h2-3H,1H2,(H,11,12). The van der Waals surface area contributed by atoms with Crippen molar-refractivity contribution in [1.29, 1.82) is 0 Å². The number of Topliss-reactive ketones (excluding diaryl/α,β-unsaturated/α-hetero) is 2. The van der Waals surface area contributed by atoms with Crippen LogP contribution in [0.25, 0.3) is 0 Å². The number of carboxylic acids is 1. The molecule has 68 valence electrons. The molecule has 0 fully saturated rings. The van der Waals surface area contributed by atoms with Crippen LogP contribution >= 0.6 is 11.3 Å². The van der Waals surface area contributed by atoms with Crippen LogP contribution in [0.2, 0.25) is 0 Å². The van der Waals surface area contributed by atoms with Gasteiger partial charge in [-0.15, -0.1) is 11.3 Å². The summed E-state index contributed by atoms with van der Waals surface area (Å²) < 4.78 is 0. The topological polar surface area (TPSA) is 84.3 Å². The zero-order valence-electron chi connectivity index (χ0n) is 6.39. The Hall–Kier alpha value is -1.56. The maximum atomic E-state index is 11.1. The molecule has 1 N–H and O–H groups in total. The third-order valence-electron chi connectivity index (χ3n) is 1.27. The van der Waals surface area contributed by atoms with Crippen molar-refractivity contribution in [3.05, 3.63) is 16.6 Å². The number of carbonyl (C=O) groups excluding carboxylic acids is 2. The van der Waals surface area contributed by atoms with Crippen molar-refractivity contribution in [3.63, 3.8) is 0 Å². The highest BCUT2D eigenvalue weighted by molar-refractivity contribution is 7.11. The van der Waals surface area contributed by atoms with Crippen LogP contribution in [-0.4, -0.2) is 27.6 Å². The van der Waals surface area contributed by atoms with Crippen molar-refractivity contribution in [3.8, 4) is 0 Å². The molecule has 0 aromatic carbocycles.